The Kier molecular flexibility index (Phi) is 4.04. The lowest BCUT2D eigenvalue weighted by Gasteiger charge is -2.23. The molecule has 1 saturated carbocycles. The first kappa shape index (κ1) is 13.8. The number of hydrogen-bond acceptors (Lipinski definition) is 3. The van der Waals surface area contributed by atoms with Gasteiger partial charge in [-0.25, -0.2) is 0 Å². The van der Waals surface area contributed by atoms with E-state index < -0.39 is 5.91 Å². The Morgan fingerprint density at radius 3 is 2.58 bits per heavy atom. The van der Waals surface area contributed by atoms with Crippen LogP contribution in [0.4, 0.5) is 0 Å². The molecule has 1 aliphatic carbocycles. The van der Waals surface area contributed by atoms with Gasteiger partial charge in [0.1, 0.15) is 11.3 Å². The largest absolute Gasteiger partial charge is 0.366 e. The van der Waals surface area contributed by atoms with Gasteiger partial charge in [0, 0.05) is 12.1 Å². The summed E-state index contributed by atoms with van der Waals surface area (Å²) in [7, 11) is 0. The fourth-order valence-electron chi connectivity index (χ4n) is 2.49. The van der Waals surface area contributed by atoms with E-state index in [2.05, 4.69) is 0 Å². The fraction of sp³-hybridized carbons (Fsp3) is 0.462. The normalized spacial score (nSPS) is 16.3. The van der Waals surface area contributed by atoms with Gasteiger partial charge < -0.3 is 5.73 Å². The number of nitrogens with zero attached hydrogens (tertiary/aromatic N) is 1. The molecular formula is C13H17ClN4O. The first-order valence-electron chi connectivity index (χ1n) is 6.36. The Hall–Kier alpha value is -1.62. The molecule has 6 heteroatoms. The minimum Gasteiger partial charge on any atom is -0.366 e. The van der Waals surface area contributed by atoms with Crippen LogP contribution in [0.3, 0.4) is 0 Å². The van der Waals surface area contributed by atoms with Crippen LogP contribution in [-0.4, -0.2) is 16.3 Å². The maximum atomic E-state index is 11.1. The molecule has 0 unspecified atom stereocenters. The Bertz CT molecular complexity index is 572. The van der Waals surface area contributed by atoms with Crippen molar-refractivity contribution in [2.75, 3.05) is 0 Å². The first-order chi connectivity index (χ1) is 9.00. The number of nitrogens with one attached hydrogen (secondary N) is 2. The average molecular weight is 281 g/mol. The molecule has 1 aliphatic rings. The molecule has 0 saturated heterocycles. The van der Waals surface area contributed by atoms with E-state index in [1.165, 1.54) is 23.3 Å². The van der Waals surface area contributed by atoms with E-state index in [9.17, 15) is 4.79 Å². The second kappa shape index (κ2) is 5.57. The van der Waals surface area contributed by atoms with Gasteiger partial charge >= 0.3 is 0 Å². The molecular weight excluding hydrogens is 264 g/mol. The van der Waals surface area contributed by atoms with Crippen LogP contribution >= 0.6 is 11.6 Å². The molecule has 4 N–H and O–H groups in total. The number of hydrogen-bond donors (Lipinski definition) is 3. The van der Waals surface area contributed by atoms with E-state index >= 15 is 0 Å². The van der Waals surface area contributed by atoms with E-state index in [1.54, 1.807) is 0 Å². The number of amides is 1. The van der Waals surface area contributed by atoms with Gasteiger partial charge in [-0.1, -0.05) is 30.9 Å². The standard InChI is InChI=1S/C13H17ClN4O/c14-10-7-18(11(15)6-9(10)13(17)19)12(16)8-4-2-1-3-5-8/h6-8,15-16H,1-5H2,(H2,17,19). The third kappa shape index (κ3) is 2.87. The molecule has 1 fully saturated rings. The molecule has 1 aromatic heterocycles. The lowest BCUT2D eigenvalue weighted by molar-refractivity contribution is 0.1000. The summed E-state index contributed by atoms with van der Waals surface area (Å²) in [4.78, 5) is 11.1. The monoisotopic (exact) mass is 280 g/mol. The lowest BCUT2D eigenvalue weighted by atomic mass is 9.88. The SMILES string of the molecule is N=C(C1CCCCC1)n1cc(Cl)c(C(N)=O)cc1=N. The molecule has 19 heavy (non-hydrogen) atoms. The van der Waals surface area contributed by atoms with Crippen LogP contribution in [0.25, 0.3) is 0 Å². The minimum absolute atomic E-state index is 0.0637. The molecule has 1 amide bonds. The summed E-state index contributed by atoms with van der Waals surface area (Å²) in [5.74, 6) is -0.115. The van der Waals surface area contributed by atoms with Crippen molar-refractivity contribution < 1.29 is 4.79 Å². The highest BCUT2D eigenvalue weighted by atomic mass is 35.5. The summed E-state index contributed by atoms with van der Waals surface area (Å²) in [6.07, 6.45) is 6.84. The molecule has 1 aromatic rings. The Labute approximate surface area is 116 Å². The zero-order valence-corrected chi connectivity index (χ0v) is 11.3. The van der Waals surface area contributed by atoms with Crippen molar-refractivity contribution >= 4 is 23.3 Å². The number of primary amides is 1. The molecule has 0 aromatic carbocycles. The zero-order valence-electron chi connectivity index (χ0n) is 10.6. The zero-order chi connectivity index (χ0) is 14.0. The van der Waals surface area contributed by atoms with Crippen molar-refractivity contribution in [3.63, 3.8) is 0 Å². The Morgan fingerprint density at radius 2 is 2.00 bits per heavy atom. The van der Waals surface area contributed by atoms with Crippen LogP contribution in [0.1, 0.15) is 42.5 Å². The summed E-state index contributed by atoms with van der Waals surface area (Å²) in [6.45, 7) is 0. The molecule has 0 radical (unpaired) electrons. The minimum atomic E-state index is -0.658. The maximum Gasteiger partial charge on any atom is 0.250 e. The fourth-order valence-corrected chi connectivity index (χ4v) is 2.73. The summed E-state index contributed by atoms with van der Waals surface area (Å²) >= 11 is 5.98. The van der Waals surface area contributed by atoms with Gasteiger partial charge in [0.05, 0.1) is 10.6 Å². The third-order valence-electron chi connectivity index (χ3n) is 3.56. The van der Waals surface area contributed by atoms with Crippen LogP contribution in [0.5, 0.6) is 0 Å². The van der Waals surface area contributed by atoms with E-state index in [0.29, 0.717) is 5.84 Å². The molecule has 1 heterocycles. The second-order valence-electron chi connectivity index (χ2n) is 4.87. The van der Waals surface area contributed by atoms with Gasteiger partial charge in [-0.05, 0) is 18.9 Å². The first-order valence-corrected chi connectivity index (χ1v) is 6.74. The molecule has 102 valence electrons. The number of halogens is 1. The van der Waals surface area contributed by atoms with Crippen molar-refractivity contribution in [2.24, 2.45) is 11.7 Å². The molecule has 0 atom stereocenters. The lowest BCUT2D eigenvalue weighted by Crippen LogP contribution is -2.33. The predicted octanol–water partition coefficient (Wildman–Crippen LogP) is 2.13. The van der Waals surface area contributed by atoms with E-state index in [-0.39, 0.29) is 22.0 Å². The van der Waals surface area contributed by atoms with E-state index in [4.69, 9.17) is 28.2 Å². The molecule has 0 bridgehead atoms. The van der Waals surface area contributed by atoms with Gasteiger partial charge in [-0.15, -0.1) is 0 Å². The van der Waals surface area contributed by atoms with Crippen LogP contribution in [-0.2, 0) is 0 Å². The van der Waals surface area contributed by atoms with Gasteiger partial charge in [0.2, 0.25) is 5.91 Å². The topological polar surface area (TPSA) is 95.7 Å². The van der Waals surface area contributed by atoms with Gasteiger partial charge in [-0.3, -0.25) is 20.2 Å². The van der Waals surface area contributed by atoms with Crippen molar-refractivity contribution in [1.29, 1.82) is 10.8 Å². The average Bonchev–Trinajstić information content (AvgIpc) is 2.41. The summed E-state index contributed by atoms with van der Waals surface area (Å²) < 4.78 is 1.44. The predicted molar refractivity (Wildman–Crippen MR) is 73.5 cm³/mol. The third-order valence-corrected chi connectivity index (χ3v) is 3.86. The summed E-state index contributed by atoms with van der Waals surface area (Å²) in [5.41, 5.74) is 5.37. The number of pyridine rings is 1. The van der Waals surface area contributed by atoms with Crippen molar-refractivity contribution in [1.82, 2.24) is 4.57 Å². The van der Waals surface area contributed by atoms with Crippen molar-refractivity contribution in [3.8, 4) is 0 Å². The molecule has 5 nitrogen and oxygen atoms in total. The highest BCUT2D eigenvalue weighted by molar-refractivity contribution is 6.33. The Morgan fingerprint density at radius 1 is 1.37 bits per heavy atom. The number of aromatic nitrogens is 1. The number of nitrogens with two attached hydrogens (primary N) is 1. The number of carbonyl (C=O) groups is 1. The smallest absolute Gasteiger partial charge is 0.250 e. The maximum absolute atomic E-state index is 11.1. The van der Waals surface area contributed by atoms with Crippen LogP contribution in [0.15, 0.2) is 12.3 Å². The second-order valence-corrected chi connectivity index (χ2v) is 5.28. The van der Waals surface area contributed by atoms with Crippen molar-refractivity contribution in [2.45, 2.75) is 32.1 Å². The number of carbonyl (C=O) groups excluding carboxylic acids is 1. The summed E-state index contributed by atoms with van der Waals surface area (Å²) in [5, 5.41) is 16.3. The quantitative estimate of drug-likeness (QED) is 0.561. The highest BCUT2D eigenvalue weighted by Gasteiger charge is 2.20. The molecule has 0 aliphatic heterocycles. The van der Waals surface area contributed by atoms with Gasteiger partial charge in [-0.2, -0.15) is 0 Å². The Balaban J connectivity index is 2.35. The van der Waals surface area contributed by atoms with Crippen LogP contribution < -0.4 is 11.2 Å². The van der Waals surface area contributed by atoms with Crippen LogP contribution in [0, 0.1) is 16.7 Å². The molecule has 2 rings (SSSR count). The summed E-state index contributed by atoms with van der Waals surface area (Å²) in [6, 6.07) is 1.32. The van der Waals surface area contributed by atoms with E-state index in [0.717, 1.165) is 25.7 Å². The van der Waals surface area contributed by atoms with Crippen LogP contribution in [0.2, 0.25) is 5.02 Å². The van der Waals surface area contributed by atoms with Gasteiger partial charge in [0.15, 0.2) is 0 Å². The number of rotatable bonds is 2. The highest BCUT2D eigenvalue weighted by Crippen LogP contribution is 2.25. The van der Waals surface area contributed by atoms with E-state index in [1.807, 2.05) is 0 Å². The molecule has 0 spiro atoms. The van der Waals surface area contributed by atoms with Crippen molar-refractivity contribution in [3.05, 3.63) is 28.3 Å². The van der Waals surface area contributed by atoms with Gasteiger partial charge in [0.25, 0.3) is 0 Å².